The first-order valence-electron chi connectivity index (χ1n) is 12.4. The fraction of sp³-hybridized carbons (Fsp3) is 0.310. The van der Waals surface area contributed by atoms with E-state index < -0.39 is 34.3 Å². The second-order valence-corrected chi connectivity index (χ2v) is 11.2. The number of nitrogens with one attached hydrogen (secondary N) is 1. The molecule has 0 saturated carbocycles. The van der Waals surface area contributed by atoms with Crippen LogP contribution < -0.4 is 9.62 Å². The Bertz CT molecular complexity index is 1390. The highest BCUT2D eigenvalue weighted by atomic mass is 32.2. The van der Waals surface area contributed by atoms with Gasteiger partial charge in [-0.25, -0.2) is 12.8 Å². The molecule has 0 aliphatic carbocycles. The van der Waals surface area contributed by atoms with Crippen LogP contribution >= 0.6 is 0 Å². The van der Waals surface area contributed by atoms with E-state index in [9.17, 15) is 22.4 Å². The smallest absolute Gasteiger partial charge is 0.264 e. The van der Waals surface area contributed by atoms with E-state index >= 15 is 0 Å². The third-order valence-electron chi connectivity index (χ3n) is 6.29. The van der Waals surface area contributed by atoms with Crippen molar-refractivity contribution in [2.45, 2.75) is 52.1 Å². The molecule has 0 fully saturated rings. The van der Waals surface area contributed by atoms with Crippen LogP contribution in [0.1, 0.15) is 36.1 Å². The summed E-state index contributed by atoms with van der Waals surface area (Å²) in [6, 6.07) is 16.5. The summed E-state index contributed by atoms with van der Waals surface area (Å²) in [5, 5.41) is 2.71. The van der Waals surface area contributed by atoms with E-state index in [0.717, 1.165) is 15.4 Å². The van der Waals surface area contributed by atoms with Gasteiger partial charge in [-0.05, 0) is 76.1 Å². The number of aryl methyl sites for hydroxylation is 3. The lowest BCUT2D eigenvalue weighted by atomic mass is 10.1. The van der Waals surface area contributed by atoms with Gasteiger partial charge in [0.15, 0.2) is 0 Å². The van der Waals surface area contributed by atoms with Crippen molar-refractivity contribution in [2.75, 3.05) is 17.4 Å². The van der Waals surface area contributed by atoms with Crippen molar-refractivity contribution in [3.05, 3.63) is 94.8 Å². The molecule has 0 bridgehead atoms. The molecule has 9 heteroatoms. The number of likely N-dealkylation sites (N-methyl/N-ethyl adjacent to an activating group) is 1. The van der Waals surface area contributed by atoms with Crippen LogP contribution in [-0.2, 0) is 26.2 Å². The molecule has 38 heavy (non-hydrogen) atoms. The van der Waals surface area contributed by atoms with E-state index in [1.807, 2.05) is 19.9 Å². The molecule has 202 valence electrons. The second-order valence-electron chi connectivity index (χ2n) is 9.33. The molecule has 3 aromatic carbocycles. The van der Waals surface area contributed by atoms with E-state index in [2.05, 4.69) is 5.32 Å². The van der Waals surface area contributed by atoms with Crippen molar-refractivity contribution in [2.24, 2.45) is 0 Å². The van der Waals surface area contributed by atoms with Gasteiger partial charge in [0.1, 0.15) is 18.4 Å². The number of hydrogen-bond donors (Lipinski definition) is 1. The average Bonchev–Trinajstić information content (AvgIpc) is 2.87. The SMILES string of the molecule is CCNC(=O)[C@@H](C)N(Cc1ccc(F)cc1)C(=O)CN(c1ccc(C)cc1C)S(=O)(=O)c1ccc(C)cc1. The van der Waals surface area contributed by atoms with Crippen LogP contribution in [-0.4, -0.2) is 44.3 Å². The number of hydrogen-bond acceptors (Lipinski definition) is 4. The first-order chi connectivity index (χ1) is 17.9. The molecular weight excluding hydrogens is 505 g/mol. The Hall–Kier alpha value is -3.72. The molecule has 7 nitrogen and oxygen atoms in total. The van der Waals surface area contributed by atoms with E-state index in [1.54, 1.807) is 45.0 Å². The number of halogens is 1. The number of sulfonamides is 1. The Balaban J connectivity index is 2.06. The van der Waals surface area contributed by atoms with Crippen LogP contribution in [0.3, 0.4) is 0 Å². The fourth-order valence-corrected chi connectivity index (χ4v) is 5.61. The molecule has 1 atom stereocenters. The molecule has 2 amide bonds. The first kappa shape index (κ1) is 28.8. The number of amides is 2. The predicted molar refractivity (Wildman–Crippen MR) is 147 cm³/mol. The minimum absolute atomic E-state index is 0.00269. The molecular formula is C29H34FN3O4S. The van der Waals surface area contributed by atoms with E-state index in [1.165, 1.54) is 41.3 Å². The zero-order valence-corrected chi connectivity index (χ0v) is 23.2. The summed E-state index contributed by atoms with van der Waals surface area (Å²) in [5.41, 5.74) is 3.52. The Morgan fingerprint density at radius 3 is 2.11 bits per heavy atom. The number of anilines is 1. The van der Waals surface area contributed by atoms with Crippen LogP contribution in [0.2, 0.25) is 0 Å². The summed E-state index contributed by atoms with van der Waals surface area (Å²) in [4.78, 5) is 27.9. The molecule has 3 aromatic rings. The number of benzene rings is 3. The zero-order valence-electron chi connectivity index (χ0n) is 22.4. The Kier molecular flexibility index (Phi) is 9.27. The van der Waals surface area contributed by atoms with Gasteiger partial charge < -0.3 is 10.2 Å². The minimum Gasteiger partial charge on any atom is -0.355 e. The quantitative estimate of drug-likeness (QED) is 0.411. The van der Waals surface area contributed by atoms with E-state index in [4.69, 9.17) is 0 Å². The van der Waals surface area contributed by atoms with Crippen molar-refractivity contribution < 1.29 is 22.4 Å². The maximum atomic E-state index is 13.9. The third-order valence-corrected chi connectivity index (χ3v) is 8.07. The van der Waals surface area contributed by atoms with Gasteiger partial charge in [-0.3, -0.25) is 13.9 Å². The zero-order chi connectivity index (χ0) is 28.0. The van der Waals surface area contributed by atoms with Crippen LogP contribution in [0, 0.1) is 26.6 Å². The van der Waals surface area contributed by atoms with Gasteiger partial charge in [-0.1, -0.05) is 47.5 Å². The van der Waals surface area contributed by atoms with Crippen LogP contribution in [0.4, 0.5) is 10.1 Å². The minimum atomic E-state index is -4.13. The monoisotopic (exact) mass is 539 g/mol. The van der Waals surface area contributed by atoms with Gasteiger partial charge in [-0.15, -0.1) is 0 Å². The van der Waals surface area contributed by atoms with Gasteiger partial charge in [0.05, 0.1) is 10.6 Å². The number of nitrogens with zero attached hydrogens (tertiary/aromatic N) is 2. The predicted octanol–water partition coefficient (Wildman–Crippen LogP) is 4.50. The first-order valence-corrected chi connectivity index (χ1v) is 13.9. The number of carbonyl (C=O) groups is 2. The van der Waals surface area contributed by atoms with E-state index in [0.29, 0.717) is 23.4 Å². The maximum Gasteiger partial charge on any atom is 0.264 e. The largest absolute Gasteiger partial charge is 0.355 e. The Labute approximate surface area is 224 Å². The highest BCUT2D eigenvalue weighted by molar-refractivity contribution is 7.92. The number of rotatable bonds is 10. The van der Waals surface area contributed by atoms with Crippen LogP contribution in [0.5, 0.6) is 0 Å². The van der Waals surface area contributed by atoms with Crippen molar-refractivity contribution in [1.82, 2.24) is 10.2 Å². The van der Waals surface area contributed by atoms with Gasteiger partial charge in [0, 0.05) is 13.1 Å². The molecule has 0 unspecified atom stereocenters. The molecule has 1 N–H and O–H groups in total. The highest BCUT2D eigenvalue weighted by Gasteiger charge is 2.33. The summed E-state index contributed by atoms with van der Waals surface area (Å²) in [7, 11) is -4.13. The molecule has 0 aliphatic heterocycles. The molecule has 0 radical (unpaired) electrons. The van der Waals surface area contributed by atoms with Crippen molar-refractivity contribution in [1.29, 1.82) is 0 Å². The lowest BCUT2D eigenvalue weighted by molar-refractivity contribution is -0.139. The highest BCUT2D eigenvalue weighted by Crippen LogP contribution is 2.28. The summed E-state index contributed by atoms with van der Waals surface area (Å²) >= 11 is 0. The van der Waals surface area contributed by atoms with Crippen LogP contribution in [0.15, 0.2) is 71.6 Å². The summed E-state index contributed by atoms with van der Waals surface area (Å²) in [6.07, 6.45) is 0. The van der Waals surface area contributed by atoms with Gasteiger partial charge in [0.2, 0.25) is 11.8 Å². The molecule has 0 aromatic heterocycles. The fourth-order valence-electron chi connectivity index (χ4n) is 4.13. The standard InChI is InChI=1S/C29H34FN3O4S/c1-6-31-29(35)23(5)32(18-24-10-12-25(30)13-11-24)28(34)19-33(27-16-9-21(3)17-22(27)4)38(36,37)26-14-7-20(2)8-15-26/h7-17,23H,6,18-19H2,1-5H3,(H,31,35)/t23-/m1/s1. The molecule has 0 spiro atoms. The summed E-state index contributed by atoms with van der Waals surface area (Å²) < 4.78 is 42.3. The number of carbonyl (C=O) groups excluding carboxylic acids is 2. The lowest BCUT2D eigenvalue weighted by Crippen LogP contribution is -2.51. The van der Waals surface area contributed by atoms with Crippen molar-refractivity contribution in [3.8, 4) is 0 Å². The topological polar surface area (TPSA) is 86.8 Å². The molecule has 3 rings (SSSR count). The average molecular weight is 540 g/mol. The summed E-state index contributed by atoms with van der Waals surface area (Å²) in [6.45, 7) is 8.76. The van der Waals surface area contributed by atoms with Gasteiger partial charge >= 0.3 is 0 Å². The van der Waals surface area contributed by atoms with Gasteiger partial charge in [0.25, 0.3) is 10.0 Å². The lowest BCUT2D eigenvalue weighted by Gasteiger charge is -2.32. The third kappa shape index (κ3) is 6.77. The van der Waals surface area contributed by atoms with Crippen LogP contribution in [0.25, 0.3) is 0 Å². The van der Waals surface area contributed by atoms with Crippen molar-refractivity contribution in [3.63, 3.8) is 0 Å². The summed E-state index contributed by atoms with van der Waals surface area (Å²) in [5.74, 6) is -1.36. The maximum absolute atomic E-state index is 13.9. The van der Waals surface area contributed by atoms with E-state index in [-0.39, 0.29) is 17.3 Å². The normalized spacial score (nSPS) is 12.1. The van der Waals surface area contributed by atoms with Crippen molar-refractivity contribution >= 4 is 27.5 Å². The molecule has 0 saturated heterocycles. The molecule has 0 aliphatic rings. The van der Waals surface area contributed by atoms with Gasteiger partial charge in [-0.2, -0.15) is 0 Å². The Morgan fingerprint density at radius 1 is 0.921 bits per heavy atom. The Morgan fingerprint density at radius 2 is 1.53 bits per heavy atom. The molecule has 0 heterocycles. The second kappa shape index (κ2) is 12.2.